The summed E-state index contributed by atoms with van der Waals surface area (Å²) in [6, 6.07) is 0. The molecule has 1 fully saturated rings. The van der Waals surface area contributed by atoms with Crippen molar-refractivity contribution in [2.45, 2.75) is 38.2 Å². The third-order valence-corrected chi connectivity index (χ3v) is 2.47. The van der Waals surface area contributed by atoms with E-state index in [0.29, 0.717) is 0 Å². The maximum Gasteiger partial charge on any atom is 0.0723 e. The Balaban J connectivity index is 2.03. The predicted octanol–water partition coefficient (Wildman–Crippen LogP) is 1.87. The van der Waals surface area contributed by atoms with Crippen LogP contribution >= 0.6 is 0 Å². The van der Waals surface area contributed by atoms with Crippen molar-refractivity contribution in [1.29, 1.82) is 0 Å². The minimum atomic E-state index is -0.121. The van der Waals surface area contributed by atoms with Crippen molar-refractivity contribution in [2.24, 2.45) is 5.92 Å². The van der Waals surface area contributed by atoms with Crippen molar-refractivity contribution < 1.29 is 5.11 Å². The van der Waals surface area contributed by atoms with Gasteiger partial charge in [-0.15, -0.1) is 0 Å². The lowest BCUT2D eigenvalue weighted by atomic mass is 9.94. The number of aliphatic hydroxyl groups is 1. The van der Waals surface area contributed by atoms with Gasteiger partial charge < -0.3 is 5.11 Å². The van der Waals surface area contributed by atoms with E-state index in [1.165, 1.54) is 25.7 Å². The zero-order valence-electron chi connectivity index (χ0n) is 6.21. The Bertz CT molecular complexity index is 156. The summed E-state index contributed by atoms with van der Waals surface area (Å²) in [6.45, 7) is 0. The Labute approximate surface area is 61.8 Å². The van der Waals surface area contributed by atoms with Crippen LogP contribution in [-0.2, 0) is 0 Å². The average Bonchev–Trinajstić information content (AvgIpc) is 2.68. The maximum absolute atomic E-state index is 9.28. The van der Waals surface area contributed by atoms with Crippen molar-refractivity contribution in [3.05, 3.63) is 11.6 Å². The molecule has 0 heterocycles. The molecule has 0 aromatic rings. The molecular weight excluding hydrogens is 124 g/mol. The molecule has 1 unspecified atom stereocenters. The normalized spacial score (nSPS) is 33.7. The van der Waals surface area contributed by atoms with Crippen LogP contribution in [0.3, 0.4) is 0 Å². The van der Waals surface area contributed by atoms with Gasteiger partial charge in [0.15, 0.2) is 0 Å². The first kappa shape index (κ1) is 6.41. The van der Waals surface area contributed by atoms with Crippen LogP contribution < -0.4 is 0 Å². The van der Waals surface area contributed by atoms with Crippen molar-refractivity contribution in [3.8, 4) is 0 Å². The highest BCUT2D eigenvalue weighted by molar-refractivity contribution is 5.16. The van der Waals surface area contributed by atoms with Crippen molar-refractivity contribution in [3.63, 3.8) is 0 Å². The van der Waals surface area contributed by atoms with Gasteiger partial charge in [0.2, 0.25) is 0 Å². The number of hydrogen-bond donors (Lipinski definition) is 1. The van der Waals surface area contributed by atoms with E-state index in [4.69, 9.17) is 0 Å². The number of rotatable bonds is 1. The first-order valence-electron chi connectivity index (χ1n) is 4.25. The molecule has 1 heteroatoms. The van der Waals surface area contributed by atoms with E-state index in [0.717, 1.165) is 12.3 Å². The second kappa shape index (κ2) is 2.39. The molecule has 1 saturated carbocycles. The summed E-state index contributed by atoms with van der Waals surface area (Å²) in [7, 11) is 0. The molecule has 0 bridgehead atoms. The van der Waals surface area contributed by atoms with E-state index in [2.05, 4.69) is 6.08 Å². The van der Waals surface area contributed by atoms with Gasteiger partial charge in [-0.2, -0.15) is 0 Å². The molecular formula is C9H14O. The van der Waals surface area contributed by atoms with E-state index >= 15 is 0 Å². The highest BCUT2D eigenvalue weighted by Crippen LogP contribution is 2.40. The van der Waals surface area contributed by atoms with E-state index < -0.39 is 0 Å². The highest BCUT2D eigenvalue weighted by atomic mass is 16.3. The van der Waals surface area contributed by atoms with Crippen LogP contribution in [0.4, 0.5) is 0 Å². The van der Waals surface area contributed by atoms with E-state index in [1.807, 2.05) is 0 Å². The second-order valence-electron chi connectivity index (χ2n) is 3.48. The van der Waals surface area contributed by atoms with Gasteiger partial charge in [0.05, 0.1) is 6.10 Å². The van der Waals surface area contributed by atoms with Crippen molar-refractivity contribution in [2.75, 3.05) is 0 Å². The highest BCUT2D eigenvalue weighted by Gasteiger charge is 2.27. The van der Waals surface area contributed by atoms with Gasteiger partial charge in [0, 0.05) is 0 Å². The van der Waals surface area contributed by atoms with Crippen LogP contribution in [0.1, 0.15) is 32.1 Å². The smallest absolute Gasteiger partial charge is 0.0723 e. The molecule has 2 aliphatic carbocycles. The molecule has 1 atom stereocenters. The lowest BCUT2D eigenvalue weighted by Crippen LogP contribution is -2.09. The molecule has 2 rings (SSSR count). The van der Waals surface area contributed by atoms with Crippen molar-refractivity contribution in [1.82, 2.24) is 0 Å². The van der Waals surface area contributed by atoms with Crippen LogP contribution in [0.25, 0.3) is 0 Å². The van der Waals surface area contributed by atoms with Crippen LogP contribution in [0.5, 0.6) is 0 Å². The molecule has 10 heavy (non-hydrogen) atoms. The molecule has 1 N–H and O–H groups in total. The molecule has 0 aromatic heterocycles. The monoisotopic (exact) mass is 138 g/mol. The number of hydrogen-bond acceptors (Lipinski definition) is 1. The lowest BCUT2D eigenvalue weighted by Gasteiger charge is -2.16. The quantitative estimate of drug-likeness (QED) is 0.548. The van der Waals surface area contributed by atoms with Crippen LogP contribution in [0.2, 0.25) is 0 Å². The first-order valence-corrected chi connectivity index (χ1v) is 4.25. The Morgan fingerprint density at radius 1 is 1.30 bits per heavy atom. The molecule has 0 saturated heterocycles. The van der Waals surface area contributed by atoms with Gasteiger partial charge in [-0.25, -0.2) is 0 Å². The van der Waals surface area contributed by atoms with Gasteiger partial charge in [-0.05, 0) is 38.0 Å². The number of allylic oxidation sites excluding steroid dienone is 1. The average molecular weight is 138 g/mol. The van der Waals surface area contributed by atoms with Gasteiger partial charge in [0.25, 0.3) is 0 Å². The summed E-state index contributed by atoms with van der Waals surface area (Å²) in [5, 5.41) is 9.28. The third-order valence-electron chi connectivity index (χ3n) is 2.47. The van der Waals surface area contributed by atoms with Crippen LogP contribution in [0, 0.1) is 5.92 Å². The summed E-state index contributed by atoms with van der Waals surface area (Å²) in [5.74, 6) is 0.870. The van der Waals surface area contributed by atoms with Gasteiger partial charge in [-0.1, -0.05) is 11.6 Å². The maximum atomic E-state index is 9.28. The summed E-state index contributed by atoms with van der Waals surface area (Å²) in [6.07, 6.45) is 8.14. The van der Waals surface area contributed by atoms with Crippen LogP contribution in [-0.4, -0.2) is 11.2 Å². The van der Waals surface area contributed by atoms with Gasteiger partial charge in [0.1, 0.15) is 0 Å². The molecule has 0 amide bonds. The fourth-order valence-electron chi connectivity index (χ4n) is 1.72. The van der Waals surface area contributed by atoms with Gasteiger partial charge in [-0.3, -0.25) is 0 Å². The van der Waals surface area contributed by atoms with Gasteiger partial charge >= 0.3 is 0 Å². The molecule has 0 spiro atoms. The van der Waals surface area contributed by atoms with E-state index in [9.17, 15) is 5.11 Å². The molecule has 1 nitrogen and oxygen atoms in total. The summed E-state index contributed by atoms with van der Waals surface area (Å²) >= 11 is 0. The second-order valence-corrected chi connectivity index (χ2v) is 3.48. The fourth-order valence-corrected chi connectivity index (χ4v) is 1.72. The zero-order chi connectivity index (χ0) is 6.97. The van der Waals surface area contributed by atoms with Crippen molar-refractivity contribution >= 4 is 0 Å². The zero-order valence-corrected chi connectivity index (χ0v) is 6.21. The Morgan fingerprint density at radius 2 is 2.10 bits per heavy atom. The molecule has 0 aliphatic heterocycles. The summed E-state index contributed by atoms with van der Waals surface area (Å²) < 4.78 is 0. The molecule has 0 radical (unpaired) electrons. The Morgan fingerprint density at radius 3 is 2.70 bits per heavy atom. The summed E-state index contributed by atoms with van der Waals surface area (Å²) in [4.78, 5) is 0. The molecule has 56 valence electrons. The third kappa shape index (κ3) is 1.24. The molecule has 2 aliphatic rings. The fraction of sp³-hybridized carbons (Fsp3) is 0.778. The standard InChI is InChI=1S/C9H14O/c10-9-3-1-2-8(6-9)7-4-5-7/h6-7,9-10H,1-5H2. The minimum Gasteiger partial charge on any atom is -0.389 e. The Hall–Kier alpha value is -0.300. The lowest BCUT2D eigenvalue weighted by molar-refractivity contribution is 0.201. The SMILES string of the molecule is OC1C=C(C2CC2)CCC1. The largest absolute Gasteiger partial charge is 0.389 e. The number of aliphatic hydroxyl groups excluding tert-OH is 1. The molecule has 0 aromatic carbocycles. The topological polar surface area (TPSA) is 20.2 Å². The summed E-state index contributed by atoms with van der Waals surface area (Å²) in [5.41, 5.74) is 1.54. The predicted molar refractivity (Wildman–Crippen MR) is 40.7 cm³/mol. The van der Waals surface area contributed by atoms with Crippen LogP contribution in [0.15, 0.2) is 11.6 Å². The van der Waals surface area contributed by atoms with E-state index in [1.54, 1.807) is 5.57 Å². The Kier molecular flexibility index (Phi) is 1.53. The minimum absolute atomic E-state index is 0.121. The first-order chi connectivity index (χ1) is 4.86. The van der Waals surface area contributed by atoms with E-state index in [-0.39, 0.29) is 6.10 Å².